The number of hydrogen-bond donors (Lipinski definition) is 2. The topological polar surface area (TPSA) is 41.1 Å². The lowest BCUT2D eigenvalue weighted by atomic mass is 10.1. The molecule has 0 saturated heterocycles. The van der Waals surface area contributed by atoms with Gasteiger partial charge in [-0.1, -0.05) is 17.7 Å². The Morgan fingerprint density at radius 1 is 1.47 bits per heavy atom. The number of carbonyl (C=O) groups excluding carboxylic acids is 1. The minimum atomic E-state index is -0.460. The van der Waals surface area contributed by atoms with Crippen molar-refractivity contribution in [2.75, 3.05) is 19.6 Å². The van der Waals surface area contributed by atoms with Crippen LogP contribution in [0, 0.1) is 12.7 Å². The van der Waals surface area contributed by atoms with E-state index in [9.17, 15) is 9.18 Å². The number of carbonyl (C=O) groups is 1. The first-order chi connectivity index (χ1) is 9.16. The highest BCUT2D eigenvalue weighted by molar-refractivity contribution is 5.94. The highest BCUT2D eigenvalue weighted by atomic mass is 19.1. The molecule has 0 aromatic heterocycles. The number of benzene rings is 1. The fourth-order valence-electron chi connectivity index (χ4n) is 2.13. The molecule has 0 aliphatic carbocycles. The lowest BCUT2D eigenvalue weighted by molar-refractivity contribution is 0.0950. The van der Waals surface area contributed by atoms with Crippen LogP contribution in [0.3, 0.4) is 0 Å². The van der Waals surface area contributed by atoms with Gasteiger partial charge in [0.05, 0.1) is 5.56 Å². The zero-order chi connectivity index (χ0) is 13.7. The number of amides is 1. The molecule has 1 aromatic carbocycles. The first-order valence-electron chi connectivity index (χ1n) is 6.60. The number of hydrogen-bond acceptors (Lipinski definition) is 2. The van der Waals surface area contributed by atoms with Gasteiger partial charge < -0.3 is 10.6 Å². The summed E-state index contributed by atoms with van der Waals surface area (Å²) in [5, 5.41) is 6.01. The molecule has 0 unspecified atom stereocenters. The molecule has 19 heavy (non-hydrogen) atoms. The maximum atomic E-state index is 13.6. The second-order valence-electron chi connectivity index (χ2n) is 4.81. The smallest absolute Gasteiger partial charge is 0.254 e. The highest BCUT2D eigenvalue weighted by Crippen LogP contribution is 2.11. The number of rotatable bonds is 4. The summed E-state index contributed by atoms with van der Waals surface area (Å²) in [5.41, 5.74) is 2.28. The second kappa shape index (κ2) is 6.48. The Bertz CT molecular complexity index is 497. The number of aryl methyl sites for hydroxylation is 1. The van der Waals surface area contributed by atoms with E-state index in [4.69, 9.17) is 0 Å². The molecule has 1 heterocycles. The third-order valence-electron chi connectivity index (χ3n) is 3.26. The fourth-order valence-corrected chi connectivity index (χ4v) is 2.13. The van der Waals surface area contributed by atoms with Crippen LogP contribution in [0.25, 0.3) is 0 Å². The normalized spacial score (nSPS) is 14.9. The van der Waals surface area contributed by atoms with Crippen LogP contribution in [0.4, 0.5) is 4.39 Å². The van der Waals surface area contributed by atoms with Gasteiger partial charge in [-0.2, -0.15) is 0 Å². The van der Waals surface area contributed by atoms with E-state index in [0.717, 1.165) is 31.5 Å². The maximum Gasteiger partial charge on any atom is 0.254 e. The van der Waals surface area contributed by atoms with Crippen molar-refractivity contribution in [3.63, 3.8) is 0 Å². The Balaban J connectivity index is 1.85. The largest absolute Gasteiger partial charge is 0.352 e. The van der Waals surface area contributed by atoms with E-state index in [1.807, 2.05) is 0 Å². The van der Waals surface area contributed by atoms with Gasteiger partial charge in [-0.25, -0.2) is 4.39 Å². The van der Waals surface area contributed by atoms with Gasteiger partial charge in [-0.15, -0.1) is 0 Å². The van der Waals surface area contributed by atoms with Gasteiger partial charge >= 0.3 is 0 Å². The summed E-state index contributed by atoms with van der Waals surface area (Å²) in [4.78, 5) is 11.8. The van der Waals surface area contributed by atoms with Crippen LogP contribution >= 0.6 is 0 Å². The number of halogens is 1. The zero-order valence-corrected chi connectivity index (χ0v) is 11.1. The monoisotopic (exact) mass is 262 g/mol. The first-order valence-corrected chi connectivity index (χ1v) is 6.60. The van der Waals surface area contributed by atoms with E-state index >= 15 is 0 Å². The molecule has 2 rings (SSSR count). The van der Waals surface area contributed by atoms with Crippen molar-refractivity contribution in [1.29, 1.82) is 0 Å². The van der Waals surface area contributed by atoms with Gasteiger partial charge in [0.15, 0.2) is 0 Å². The lowest BCUT2D eigenvalue weighted by Gasteiger charge is -2.14. The lowest BCUT2D eigenvalue weighted by Crippen LogP contribution is -2.27. The molecule has 0 bridgehead atoms. The van der Waals surface area contributed by atoms with Gasteiger partial charge in [0, 0.05) is 13.1 Å². The van der Waals surface area contributed by atoms with Gasteiger partial charge in [-0.05, 0) is 44.0 Å². The van der Waals surface area contributed by atoms with E-state index in [1.54, 1.807) is 13.0 Å². The summed E-state index contributed by atoms with van der Waals surface area (Å²) in [6.45, 7) is 4.24. The maximum absolute atomic E-state index is 13.6. The van der Waals surface area contributed by atoms with Gasteiger partial charge in [0.1, 0.15) is 5.82 Å². The summed E-state index contributed by atoms with van der Waals surface area (Å²) in [6.07, 6.45) is 4.01. The third kappa shape index (κ3) is 3.89. The van der Waals surface area contributed by atoms with E-state index < -0.39 is 5.82 Å². The molecule has 0 fully saturated rings. The zero-order valence-electron chi connectivity index (χ0n) is 11.1. The predicted octanol–water partition coefficient (Wildman–Crippen LogP) is 2.17. The molecular weight excluding hydrogens is 243 g/mol. The van der Waals surface area contributed by atoms with E-state index in [2.05, 4.69) is 16.7 Å². The van der Waals surface area contributed by atoms with Crippen LogP contribution in [0.15, 0.2) is 29.8 Å². The fraction of sp³-hybridized carbons (Fsp3) is 0.400. The summed E-state index contributed by atoms with van der Waals surface area (Å²) in [7, 11) is 0. The van der Waals surface area contributed by atoms with Crippen LogP contribution < -0.4 is 10.6 Å². The van der Waals surface area contributed by atoms with Crippen molar-refractivity contribution in [2.24, 2.45) is 0 Å². The molecule has 3 nitrogen and oxygen atoms in total. The molecule has 1 aliphatic rings. The minimum absolute atomic E-state index is 0.116. The molecule has 0 saturated carbocycles. The molecule has 0 atom stereocenters. The van der Waals surface area contributed by atoms with E-state index in [1.165, 1.54) is 17.7 Å². The quantitative estimate of drug-likeness (QED) is 0.817. The van der Waals surface area contributed by atoms with Crippen molar-refractivity contribution in [1.82, 2.24) is 10.6 Å². The Hall–Kier alpha value is -1.68. The van der Waals surface area contributed by atoms with Gasteiger partial charge in [-0.3, -0.25) is 4.79 Å². The summed E-state index contributed by atoms with van der Waals surface area (Å²) < 4.78 is 13.6. The summed E-state index contributed by atoms with van der Waals surface area (Å²) in [6, 6.07) is 4.65. The Kier molecular flexibility index (Phi) is 4.68. The molecule has 2 N–H and O–H groups in total. The van der Waals surface area contributed by atoms with Crippen LogP contribution in [0.1, 0.15) is 28.8 Å². The molecule has 4 heteroatoms. The van der Waals surface area contributed by atoms with Crippen LogP contribution in [-0.2, 0) is 0 Å². The highest BCUT2D eigenvalue weighted by Gasteiger charge is 2.11. The summed E-state index contributed by atoms with van der Waals surface area (Å²) in [5.74, 6) is -0.800. The molecular formula is C15H19FN2O. The third-order valence-corrected chi connectivity index (χ3v) is 3.26. The van der Waals surface area contributed by atoms with Crippen LogP contribution in [-0.4, -0.2) is 25.5 Å². The van der Waals surface area contributed by atoms with Crippen LogP contribution in [0.2, 0.25) is 0 Å². The average Bonchev–Trinajstić information content (AvgIpc) is 2.39. The molecule has 102 valence electrons. The first kappa shape index (κ1) is 13.7. The molecule has 0 spiro atoms. The minimum Gasteiger partial charge on any atom is -0.352 e. The molecule has 0 radical (unpaired) electrons. The van der Waals surface area contributed by atoms with Gasteiger partial charge in [0.25, 0.3) is 5.91 Å². The summed E-state index contributed by atoms with van der Waals surface area (Å²) >= 11 is 0. The second-order valence-corrected chi connectivity index (χ2v) is 4.81. The van der Waals surface area contributed by atoms with Crippen LogP contribution in [0.5, 0.6) is 0 Å². The Morgan fingerprint density at radius 3 is 3.00 bits per heavy atom. The van der Waals surface area contributed by atoms with Crippen molar-refractivity contribution < 1.29 is 9.18 Å². The van der Waals surface area contributed by atoms with Gasteiger partial charge in [0.2, 0.25) is 0 Å². The Morgan fingerprint density at radius 2 is 2.32 bits per heavy atom. The molecule has 1 aromatic rings. The van der Waals surface area contributed by atoms with E-state index in [0.29, 0.717) is 6.54 Å². The average molecular weight is 262 g/mol. The molecule has 1 aliphatic heterocycles. The van der Waals surface area contributed by atoms with Crippen molar-refractivity contribution in [3.05, 3.63) is 46.8 Å². The van der Waals surface area contributed by atoms with Crippen molar-refractivity contribution >= 4 is 5.91 Å². The predicted molar refractivity (Wildman–Crippen MR) is 73.7 cm³/mol. The Labute approximate surface area is 112 Å². The van der Waals surface area contributed by atoms with Crippen molar-refractivity contribution in [2.45, 2.75) is 19.8 Å². The standard InChI is InChI=1S/C15H19FN2O/c1-11-2-3-13(14(16)10-11)15(19)18-9-6-12-4-7-17-8-5-12/h2-4,10,17H,5-9H2,1H3,(H,18,19). The number of nitrogens with one attached hydrogen (secondary N) is 2. The van der Waals surface area contributed by atoms with Crippen molar-refractivity contribution in [3.8, 4) is 0 Å². The SMILES string of the molecule is Cc1ccc(C(=O)NCCC2=CCNCC2)c(F)c1. The molecule has 1 amide bonds. The van der Waals surface area contributed by atoms with E-state index in [-0.39, 0.29) is 11.5 Å².